The van der Waals surface area contributed by atoms with Gasteiger partial charge in [-0.05, 0) is 38.8 Å². The zero-order chi connectivity index (χ0) is 21.3. The molecule has 0 amide bonds. The van der Waals surface area contributed by atoms with Crippen LogP contribution in [0.1, 0.15) is 56.1 Å². The highest BCUT2D eigenvalue weighted by Crippen LogP contribution is 2.35. The third-order valence-electron chi connectivity index (χ3n) is 5.50. The zero-order valence-corrected chi connectivity index (χ0v) is 17.8. The smallest absolute Gasteiger partial charge is 0.200 e. The van der Waals surface area contributed by atoms with Gasteiger partial charge in [0.2, 0.25) is 0 Å². The van der Waals surface area contributed by atoms with Gasteiger partial charge >= 0.3 is 0 Å². The van der Waals surface area contributed by atoms with Crippen LogP contribution >= 0.6 is 0 Å². The maximum Gasteiger partial charge on any atom is 0.200 e. The number of halogens is 1. The molecule has 1 fully saturated rings. The van der Waals surface area contributed by atoms with Crippen LogP contribution in [-0.4, -0.2) is 38.4 Å². The molecule has 160 valence electrons. The highest BCUT2D eigenvalue weighted by Gasteiger charge is 2.30. The molecule has 0 radical (unpaired) electrons. The summed E-state index contributed by atoms with van der Waals surface area (Å²) >= 11 is 0. The minimum absolute atomic E-state index is 0.102. The van der Waals surface area contributed by atoms with E-state index < -0.39 is 20.9 Å². The largest absolute Gasteiger partial charge is 0.458 e. The van der Waals surface area contributed by atoms with E-state index >= 15 is 0 Å². The predicted octanol–water partition coefficient (Wildman–Crippen LogP) is 3.44. The Bertz CT molecular complexity index is 1120. The van der Waals surface area contributed by atoms with Crippen molar-refractivity contribution in [1.82, 2.24) is 24.7 Å². The maximum atomic E-state index is 13.1. The molecule has 0 spiro atoms. The third-order valence-corrected chi connectivity index (χ3v) is 7.56. The van der Waals surface area contributed by atoms with Crippen LogP contribution in [0, 0.1) is 12.7 Å². The molecule has 8 nitrogen and oxygen atoms in total. The Morgan fingerprint density at radius 3 is 2.53 bits per heavy atom. The second-order valence-corrected chi connectivity index (χ2v) is 10.2. The van der Waals surface area contributed by atoms with Crippen LogP contribution in [-0.2, 0) is 22.0 Å². The van der Waals surface area contributed by atoms with Crippen molar-refractivity contribution in [3.63, 3.8) is 0 Å². The van der Waals surface area contributed by atoms with E-state index in [1.54, 1.807) is 6.92 Å². The Kier molecular flexibility index (Phi) is 5.68. The molecule has 0 unspecified atom stereocenters. The van der Waals surface area contributed by atoms with Crippen molar-refractivity contribution in [2.24, 2.45) is 0 Å². The molecule has 1 atom stereocenters. The summed E-state index contributed by atoms with van der Waals surface area (Å²) in [5.41, 5.74) is 0. The number of aryl methyl sites for hydroxylation is 1. The van der Waals surface area contributed by atoms with E-state index in [-0.39, 0.29) is 24.0 Å². The molecule has 0 N–H and O–H groups in total. The number of sulfone groups is 1. The van der Waals surface area contributed by atoms with Gasteiger partial charge in [-0.25, -0.2) is 22.8 Å². The van der Waals surface area contributed by atoms with Crippen molar-refractivity contribution in [2.45, 2.75) is 63.0 Å². The van der Waals surface area contributed by atoms with E-state index in [1.807, 2.05) is 23.6 Å². The van der Waals surface area contributed by atoms with Gasteiger partial charge in [0.1, 0.15) is 23.2 Å². The van der Waals surface area contributed by atoms with Gasteiger partial charge in [-0.1, -0.05) is 12.8 Å². The molecular formula is C20H24FN5O3S. The second kappa shape index (κ2) is 8.25. The average molecular weight is 434 g/mol. The molecule has 1 aliphatic rings. The number of furan rings is 1. The highest BCUT2D eigenvalue weighted by atomic mass is 32.2. The molecule has 3 aromatic rings. The predicted molar refractivity (Wildman–Crippen MR) is 108 cm³/mol. The van der Waals surface area contributed by atoms with Gasteiger partial charge in [-0.2, -0.15) is 0 Å². The summed E-state index contributed by atoms with van der Waals surface area (Å²) in [5.74, 6) is 1.82. The molecular weight excluding hydrogens is 409 g/mol. The van der Waals surface area contributed by atoms with Crippen LogP contribution in [0.3, 0.4) is 0 Å². The fourth-order valence-corrected chi connectivity index (χ4v) is 5.09. The fraction of sp³-hybridized carbons (Fsp3) is 0.500. The molecule has 4 rings (SSSR count). The molecule has 30 heavy (non-hydrogen) atoms. The highest BCUT2D eigenvalue weighted by molar-refractivity contribution is 7.91. The minimum Gasteiger partial charge on any atom is -0.458 e. The average Bonchev–Trinajstić information content (AvgIpc) is 3.44. The van der Waals surface area contributed by atoms with Crippen molar-refractivity contribution in [3.05, 3.63) is 47.8 Å². The quantitative estimate of drug-likeness (QED) is 0.562. The summed E-state index contributed by atoms with van der Waals surface area (Å²) in [6.45, 7) is 3.46. The van der Waals surface area contributed by atoms with E-state index in [4.69, 9.17) is 4.42 Å². The Morgan fingerprint density at radius 1 is 1.20 bits per heavy atom. The summed E-state index contributed by atoms with van der Waals surface area (Å²) < 4.78 is 46.8. The van der Waals surface area contributed by atoms with Gasteiger partial charge in [0.25, 0.3) is 0 Å². The molecule has 0 aromatic carbocycles. The lowest BCUT2D eigenvalue weighted by Gasteiger charge is -2.18. The molecule has 1 aliphatic carbocycles. The van der Waals surface area contributed by atoms with Gasteiger partial charge in [0.05, 0.1) is 17.6 Å². The van der Waals surface area contributed by atoms with Crippen LogP contribution < -0.4 is 0 Å². The van der Waals surface area contributed by atoms with Crippen molar-refractivity contribution in [3.8, 4) is 11.6 Å². The van der Waals surface area contributed by atoms with Crippen molar-refractivity contribution in [1.29, 1.82) is 0 Å². The van der Waals surface area contributed by atoms with Gasteiger partial charge < -0.3 is 8.98 Å². The molecule has 3 aromatic heterocycles. The first-order chi connectivity index (χ1) is 14.3. The van der Waals surface area contributed by atoms with Gasteiger partial charge in [-0.3, -0.25) is 0 Å². The Labute approximate surface area is 174 Å². The van der Waals surface area contributed by atoms with E-state index in [2.05, 4.69) is 20.2 Å². The first kappa shape index (κ1) is 20.6. The van der Waals surface area contributed by atoms with Gasteiger partial charge in [0, 0.05) is 12.5 Å². The van der Waals surface area contributed by atoms with E-state index in [9.17, 15) is 12.8 Å². The summed E-state index contributed by atoms with van der Waals surface area (Å²) in [6, 6.07) is 3.84. The van der Waals surface area contributed by atoms with Crippen LogP contribution in [0.5, 0.6) is 0 Å². The van der Waals surface area contributed by atoms with E-state index in [0.717, 1.165) is 43.8 Å². The minimum atomic E-state index is -3.57. The number of rotatable bonds is 7. The summed E-state index contributed by atoms with van der Waals surface area (Å²) in [4.78, 5) is 7.74. The van der Waals surface area contributed by atoms with Crippen molar-refractivity contribution >= 4 is 9.84 Å². The first-order valence-corrected chi connectivity index (χ1v) is 11.7. The lowest BCUT2D eigenvalue weighted by Crippen LogP contribution is -2.25. The Hall–Kier alpha value is -2.62. The lowest BCUT2D eigenvalue weighted by molar-refractivity contribution is 0.488. The first-order valence-electron chi connectivity index (χ1n) is 10.0. The summed E-state index contributed by atoms with van der Waals surface area (Å²) in [7, 11) is -3.57. The summed E-state index contributed by atoms with van der Waals surface area (Å²) in [5, 5.41) is 7.75. The van der Waals surface area contributed by atoms with Gasteiger partial charge in [-0.15, -0.1) is 10.2 Å². The SMILES string of the molecule is Cc1ccc(-c2nnc(CS(=O)(=O)[C@H](C)Cc3ncc(F)cn3)n2C2CCCC2)o1. The normalized spacial score (nSPS) is 16.2. The number of nitrogens with zero attached hydrogens (tertiary/aromatic N) is 5. The number of hydrogen-bond donors (Lipinski definition) is 0. The summed E-state index contributed by atoms with van der Waals surface area (Å²) in [6.07, 6.45) is 6.26. The Balaban J connectivity index is 1.61. The van der Waals surface area contributed by atoms with Gasteiger partial charge in [0.15, 0.2) is 27.2 Å². The van der Waals surface area contributed by atoms with Crippen molar-refractivity contribution in [2.75, 3.05) is 0 Å². The molecule has 0 bridgehead atoms. The second-order valence-electron chi connectivity index (χ2n) is 7.80. The molecule has 3 heterocycles. The number of aromatic nitrogens is 5. The molecule has 10 heteroatoms. The molecule has 0 aliphatic heterocycles. The van der Waals surface area contributed by atoms with Crippen molar-refractivity contribution < 1.29 is 17.2 Å². The third kappa shape index (κ3) is 4.28. The van der Waals surface area contributed by atoms with E-state index in [0.29, 0.717) is 17.4 Å². The van der Waals surface area contributed by atoms with Crippen LogP contribution in [0.4, 0.5) is 4.39 Å². The maximum absolute atomic E-state index is 13.1. The molecule has 0 saturated heterocycles. The topological polar surface area (TPSA) is 104 Å². The van der Waals surface area contributed by atoms with Crippen LogP contribution in [0.2, 0.25) is 0 Å². The Morgan fingerprint density at radius 2 is 1.90 bits per heavy atom. The monoisotopic (exact) mass is 433 g/mol. The number of hydrogen-bond acceptors (Lipinski definition) is 7. The lowest BCUT2D eigenvalue weighted by atomic mass is 10.2. The standard InChI is InChI=1S/C20H24FN5O3S/c1-13-7-8-17(29-13)20-25-24-19(26(20)16-5-3-4-6-16)12-30(27,28)14(2)9-18-22-10-15(21)11-23-18/h7-8,10-11,14,16H,3-6,9,12H2,1-2H3/t14-/m1/s1. The zero-order valence-electron chi connectivity index (χ0n) is 17.0. The fourth-order valence-electron chi connectivity index (χ4n) is 3.84. The van der Waals surface area contributed by atoms with E-state index in [1.165, 1.54) is 0 Å². The molecule has 1 saturated carbocycles. The van der Waals surface area contributed by atoms with Crippen LogP contribution in [0.15, 0.2) is 28.9 Å². The van der Waals surface area contributed by atoms with Crippen LogP contribution in [0.25, 0.3) is 11.6 Å².